The van der Waals surface area contributed by atoms with E-state index in [4.69, 9.17) is 23.8 Å². The van der Waals surface area contributed by atoms with E-state index in [-0.39, 0.29) is 16.9 Å². The third-order valence-electron chi connectivity index (χ3n) is 4.96. The van der Waals surface area contributed by atoms with E-state index in [1.54, 1.807) is 6.07 Å². The molecular weight excluding hydrogens is 439 g/mol. The number of nitrogens with zero attached hydrogens (tertiary/aromatic N) is 2. The van der Waals surface area contributed by atoms with Crippen molar-refractivity contribution in [1.82, 2.24) is 10.2 Å². The molecule has 0 unspecified atom stereocenters. The minimum absolute atomic E-state index is 0.00659. The Balaban J connectivity index is 1.57. The molecule has 2 aromatic rings. The zero-order valence-electron chi connectivity index (χ0n) is 17.3. The molecule has 0 atom stereocenters. The van der Waals surface area contributed by atoms with Crippen molar-refractivity contribution in [3.8, 4) is 0 Å². The van der Waals surface area contributed by atoms with Crippen LogP contribution in [0.1, 0.15) is 24.2 Å². The summed E-state index contributed by atoms with van der Waals surface area (Å²) in [5.74, 6) is -0.691. The number of benzene rings is 2. The van der Waals surface area contributed by atoms with Crippen LogP contribution in [0.25, 0.3) is 0 Å². The number of nitrogens with one attached hydrogen (secondary N) is 2. The van der Waals surface area contributed by atoms with Gasteiger partial charge in [-0.3, -0.25) is 14.9 Å². The van der Waals surface area contributed by atoms with Crippen molar-refractivity contribution in [2.75, 3.05) is 36.4 Å². The molecule has 1 aliphatic rings. The summed E-state index contributed by atoms with van der Waals surface area (Å²) in [4.78, 5) is 28.4. The number of amides is 2. The summed E-state index contributed by atoms with van der Waals surface area (Å²) in [7, 11) is 0. The number of rotatable bonds is 4. The fourth-order valence-electron chi connectivity index (χ4n) is 3.31. The average Bonchev–Trinajstić information content (AvgIpc) is 2.73. The molecular formula is C22H24ClFN4O2S. The van der Waals surface area contributed by atoms with Crippen LogP contribution in [0.3, 0.4) is 0 Å². The van der Waals surface area contributed by atoms with Gasteiger partial charge in [0.15, 0.2) is 5.11 Å². The van der Waals surface area contributed by atoms with Crippen LogP contribution in [0.15, 0.2) is 42.5 Å². The number of halogens is 2. The van der Waals surface area contributed by atoms with E-state index in [0.717, 1.165) is 5.69 Å². The third-order valence-corrected chi connectivity index (χ3v) is 5.47. The summed E-state index contributed by atoms with van der Waals surface area (Å²) >= 11 is 11.7. The van der Waals surface area contributed by atoms with Crippen molar-refractivity contribution in [2.45, 2.75) is 13.8 Å². The number of carbonyl (C=O) groups excluding carboxylic acids is 2. The SMILES string of the molecule is CC(C)C(=O)N1CCN(c2ccc(NC(=S)NC(=O)c3ccc(F)cc3)cc2Cl)CC1. The van der Waals surface area contributed by atoms with Crippen LogP contribution in [0, 0.1) is 11.7 Å². The fraction of sp³-hybridized carbons (Fsp3) is 0.318. The molecule has 164 valence electrons. The van der Waals surface area contributed by atoms with Crippen molar-refractivity contribution >= 4 is 52.1 Å². The summed E-state index contributed by atoms with van der Waals surface area (Å²) in [6.07, 6.45) is 0. The van der Waals surface area contributed by atoms with Gasteiger partial charge in [-0.1, -0.05) is 25.4 Å². The molecule has 2 amide bonds. The molecule has 0 aromatic heterocycles. The van der Waals surface area contributed by atoms with Gasteiger partial charge in [0.1, 0.15) is 5.82 Å². The zero-order chi connectivity index (χ0) is 22.5. The van der Waals surface area contributed by atoms with Gasteiger partial charge in [-0.2, -0.15) is 0 Å². The number of hydrogen-bond donors (Lipinski definition) is 2. The maximum absolute atomic E-state index is 13.0. The van der Waals surface area contributed by atoms with Gasteiger partial charge in [0.25, 0.3) is 5.91 Å². The smallest absolute Gasteiger partial charge is 0.257 e. The molecule has 9 heteroatoms. The van der Waals surface area contributed by atoms with Crippen LogP contribution >= 0.6 is 23.8 Å². The second-order valence-corrected chi connectivity index (χ2v) is 8.36. The van der Waals surface area contributed by atoms with Crippen LogP contribution in [0.2, 0.25) is 5.02 Å². The van der Waals surface area contributed by atoms with E-state index in [0.29, 0.717) is 42.5 Å². The lowest BCUT2D eigenvalue weighted by Crippen LogP contribution is -2.50. The highest BCUT2D eigenvalue weighted by molar-refractivity contribution is 7.80. The molecule has 0 bridgehead atoms. The predicted octanol–water partition coefficient (Wildman–Crippen LogP) is 3.91. The van der Waals surface area contributed by atoms with Crippen molar-refractivity contribution in [1.29, 1.82) is 0 Å². The lowest BCUT2D eigenvalue weighted by Gasteiger charge is -2.37. The number of hydrogen-bond acceptors (Lipinski definition) is 4. The van der Waals surface area contributed by atoms with E-state index in [9.17, 15) is 14.0 Å². The number of carbonyl (C=O) groups is 2. The summed E-state index contributed by atoms with van der Waals surface area (Å²) in [6.45, 7) is 6.54. The van der Waals surface area contributed by atoms with Crippen molar-refractivity contribution in [3.63, 3.8) is 0 Å². The maximum atomic E-state index is 13.0. The lowest BCUT2D eigenvalue weighted by atomic mass is 10.1. The van der Waals surface area contributed by atoms with Gasteiger partial charge in [0.2, 0.25) is 5.91 Å². The second kappa shape index (κ2) is 10.1. The zero-order valence-corrected chi connectivity index (χ0v) is 18.9. The van der Waals surface area contributed by atoms with Gasteiger partial charge >= 0.3 is 0 Å². The van der Waals surface area contributed by atoms with Crippen molar-refractivity contribution in [3.05, 3.63) is 58.9 Å². The molecule has 0 saturated carbocycles. The van der Waals surface area contributed by atoms with Gasteiger partial charge in [-0.15, -0.1) is 0 Å². The van der Waals surface area contributed by atoms with Gasteiger partial charge in [-0.25, -0.2) is 4.39 Å². The lowest BCUT2D eigenvalue weighted by molar-refractivity contribution is -0.134. The molecule has 1 saturated heterocycles. The van der Waals surface area contributed by atoms with E-state index < -0.39 is 11.7 Å². The average molecular weight is 463 g/mol. The summed E-state index contributed by atoms with van der Waals surface area (Å²) < 4.78 is 13.0. The topological polar surface area (TPSA) is 64.7 Å². The van der Waals surface area contributed by atoms with E-state index in [1.165, 1.54) is 24.3 Å². The molecule has 0 radical (unpaired) electrons. The first-order valence-electron chi connectivity index (χ1n) is 9.96. The summed E-state index contributed by atoms with van der Waals surface area (Å²) in [5, 5.41) is 6.14. The number of piperazine rings is 1. The normalized spacial score (nSPS) is 13.8. The molecule has 0 spiro atoms. The van der Waals surface area contributed by atoms with Crippen LogP contribution in [-0.2, 0) is 4.79 Å². The Morgan fingerprint density at radius 2 is 1.71 bits per heavy atom. The second-order valence-electron chi connectivity index (χ2n) is 7.55. The van der Waals surface area contributed by atoms with Gasteiger partial charge in [0.05, 0.1) is 10.7 Å². The molecule has 1 fully saturated rings. The molecule has 3 rings (SSSR count). The molecule has 1 aliphatic heterocycles. The van der Waals surface area contributed by atoms with E-state index >= 15 is 0 Å². The molecule has 2 aromatic carbocycles. The predicted molar refractivity (Wildman–Crippen MR) is 125 cm³/mol. The van der Waals surface area contributed by atoms with E-state index in [2.05, 4.69) is 15.5 Å². The van der Waals surface area contributed by atoms with Crippen molar-refractivity contribution in [2.24, 2.45) is 5.92 Å². The monoisotopic (exact) mass is 462 g/mol. The molecule has 2 N–H and O–H groups in total. The Labute approximate surface area is 191 Å². The quantitative estimate of drug-likeness (QED) is 0.674. The Morgan fingerprint density at radius 3 is 2.29 bits per heavy atom. The minimum Gasteiger partial charge on any atom is -0.367 e. The summed E-state index contributed by atoms with van der Waals surface area (Å²) in [5.41, 5.74) is 1.81. The standard InChI is InChI=1S/C22H24ClFN4O2S/c1-14(2)21(30)28-11-9-27(10-12-28)19-8-7-17(13-18(19)23)25-22(31)26-20(29)15-3-5-16(24)6-4-15/h3-8,13-14H,9-12H2,1-2H3,(H2,25,26,29,31). The first-order valence-corrected chi connectivity index (χ1v) is 10.7. The van der Waals surface area contributed by atoms with E-state index in [1.807, 2.05) is 30.9 Å². The largest absolute Gasteiger partial charge is 0.367 e. The Hall–Kier alpha value is -2.71. The fourth-order valence-corrected chi connectivity index (χ4v) is 3.82. The third kappa shape index (κ3) is 5.92. The first-order chi connectivity index (χ1) is 14.7. The van der Waals surface area contributed by atoms with Crippen LogP contribution in [-0.4, -0.2) is 48.0 Å². The molecule has 0 aliphatic carbocycles. The highest BCUT2D eigenvalue weighted by atomic mass is 35.5. The Morgan fingerprint density at radius 1 is 1.06 bits per heavy atom. The van der Waals surface area contributed by atoms with Gasteiger partial charge < -0.3 is 15.1 Å². The molecule has 31 heavy (non-hydrogen) atoms. The van der Waals surface area contributed by atoms with Crippen LogP contribution < -0.4 is 15.5 Å². The Bertz CT molecular complexity index is 976. The molecule has 1 heterocycles. The van der Waals surface area contributed by atoms with Crippen molar-refractivity contribution < 1.29 is 14.0 Å². The minimum atomic E-state index is -0.436. The number of thiocarbonyl (C=S) groups is 1. The Kier molecular flexibility index (Phi) is 7.46. The van der Waals surface area contributed by atoms with Crippen LogP contribution in [0.5, 0.6) is 0 Å². The van der Waals surface area contributed by atoms with Gasteiger partial charge in [-0.05, 0) is 54.7 Å². The summed E-state index contributed by atoms with van der Waals surface area (Å²) in [6, 6.07) is 10.6. The first kappa shape index (κ1) is 23.0. The highest BCUT2D eigenvalue weighted by Crippen LogP contribution is 2.29. The number of anilines is 2. The van der Waals surface area contributed by atoms with Gasteiger partial charge in [0, 0.05) is 43.3 Å². The van der Waals surface area contributed by atoms with Crippen LogP contribution in [0.4, 0.5) is 15.8 Å². The maximum Gasteiger partial charge on any atom is 0.257 e. The molecule has 6 nitrogen and oxygen atoms in total. The highest BCUT2D eigenvalue weighted by Gasteiger charge is 2.24.